The van der Waals surface area contributed by atoms with Crippen molar-refractivity contribution in [3.05, 3.63) is 54.1 Å². The Bertz CT molecular complexity index is 962. The minimum Gasteiger partial charge on any atom is -0.508 e. The van der Waals surface area contributed by atoms with Crippen LogP contribution < -0.4 is 4.90 Å². The number of carbonyl (C=O) groups excluding carboxylic acids is 2. The van der Waals surface area contributed by atoms with Crippen LogP contribution in [0.15, 0.2) is 48.5 Å². The molecule has 33 heavy (non-hydrogen) atoms. The van der Waals surface area contributed by atoms with Crippen LogP contribution in [0.2, 0.25) is 0 Å². The summed E-state index contributed by atoms with van der Waals surface area (Å²) in [6.07, 6.45) is 8.27. The number of carbonyl (C=O) groups is 2. The third kappa shape index (κ3) is 4.78. The SMILES string of the molecule is CCC(CC(c1ccc(O)cc1)C1C(=O)N(c2ccc(O)cc2)C(=O)C1C)C1CCCCC1. The molecule has 0 spiro atoms. The first-order valence-corrected chi connectivity index (χ1v) is 12.4. The summed E-state index contributed by atoms with van der Waals surface area (Å²) >= 11 is 0. The Kier molecular flexibility index (Phi) is 7.06. The van der Waals surface area contributed by atoms with E-state index >= 15 is 0 Å². The first-order chi connectivity index (χ1) is 15.9. The number of aromatic hydroxyl groups is 2. The standard InChI is InChI=1S/C28H35NO4/c1-3-19(20-7-5-4-6-8-20)17-25(21-9-13-23(30)14-10-21)26-18(2)27(32)29(28(26)33)22-11-15-24(31)16-12-22/h9-16,18-20,25-26,30-31H,3-8,17H2,1-2H3. The second-order valence-corrected chi connectivity index (χ2v) is 9.84. The predicted octanol–water partition coefficient (Wildman–Crippen LogP) is 6.00. The molecule has 2 fully saturated rings. The number of hydrogen-bond donors (Lipinski definition) is 2. The van der Waals surface area contributed by atoms with Crippen molar-refractivity contribution in [2.24, 2.45) is 23.7 Å². The van der Waals surface area contributed by atoms with Crippen molar-refractivity contribution < 1.29 is 19.8 Å². The highest BCUT2D eigenvalue weighted by Crippen LogP contribution is 2.46. The first-order valence-electron chi connectivity index (χ1n) is 12.4. The van der Waals surface area contributed by atoms with Gasteiger partial charge in [-0.1, -0.05) is 64.5 Å². The maximum Gasteiger partial charge on any atom is 0.238 e. The molecule has 2 aromatic rings. The van der Waals surface area contributed by atoms with Crippen LogP contribution in [-0.2, 0) is 9.59 Å². The summed E-state index contributed by atoms with van der Waals surface area (Å²) in [6.45, 7) is 4.10. The van der Waals surface area contributed by atoms with Gasteiger partial charge in [0.2, 0.25) is 11.8 Å². The van der Waals surface area contributed by atoms with Gasteiger partial charge in [-0.3, -0.25) is 14.5 Å². The van der Waals surface area contributed by atoms with Gasteiger partial charge in [-0.25, -0.2) is 0 Å². The van der Waals surface area contributed by atoms with Gasteiger partial charge in [0, 0.05) is 5.92 Å². The number of benzene rings is 2. The number of hydrogen-bond acceptors (Lipinski definition) is 4. The van der Waals surface area contributed by atoms with Gasteiger partial charge in [0.25, 0.3) is 0 Å². The minimum atomic E-state index is -0.450. The van der Waals surface area contributed by atoms with Gasteiger partial charge < -0.3 is 10.2 Å². The number of anilines is 1. The van der Waals surface area contributed by atoms with Crippen molar-refractivity contribution in [2.45, 2.75) is 64.7 Å². The summed E-state index contributed by atoms with van der Waals surface area (Å²) < 4.78 is 0. The van der Waals surface area contributed by atoms with Crippen molar-refractivity contribution >= 4 is 17.5 Å². The van der Waals surface area contributed by atoms with E-state index in [9.17, 15) is 19.8 Å². The lowest BCUT2D eigenvalue weighted by Crippen LogP contribution is -2.32. The second-order valence-electron chi connectivity index (χ2n) is 9.84. The van der Waals surface area contributed by atoms with E-state index < -0.39 is 11.8 Å². The Morgan fingerprint density at radius 1 is 0.879 bits per heavy atom. The molecule has 2 aromatic carbocycles. The fourth-order valence-corrected chi connectivity index (χ4v) is 6.04. The Morgan fingerprint density at radius 3 is 2.03 bits per heavy atom. The average molecular weight is 450 g/mol. The van der Waals surface area contributed by atoms with E-state index in [1.807, 2.05) is 19.1 Å². The summed E-state index contributed by atoms with van der Waals surface area (Å²) in [7, 11) is 0. The Balaban J connectivity index is 1.68. The normalized spacial score (nSPS) is 23.6. The number of nitrogens with zero attached hydrogens (tertiary/aromatic N) is 1. The third-order valence-electron chi connectivity index (χ3n) is 7.91. The van der Waals surface area contributed by atoms with Crippen LogP contribution in [0.25, 0.3) is 0 Å². The van der Waals surface area contributed by atoms with Crippen molar-refractivity contribution in [3.63, 3.8) is 0 Å². The molecule has 5 heteroatoms. The molecule has 1 saturated heterocycles. The van der Waals surface area contributed by atoms with Crippen LogP contribution in [0.1, 0.15) is 70.3 Å². The first kappa shape index (κ1) is 23.3. The van der Waals surface area contributed by atoms with E-state index in [2.05, 4.69) is 6.92 Å². The largest absolute Gasteiger partial charge is 0.508 e. The maximum atomic E-state index is 13.7. The number of rotatable bonds is 7. The summed E-state index contributed by atoms with van der Waals surface area (Å²) in [5, 5.41) is 19.5. The van der Waals surface area contributed by atoms with Crippen molar-refractivity contribution in [1.82, 2.24) is 0 Å². The summed E-state index contributed by atoms with van der Waals surface area (Å²) in [5.74, 6) is 0.126. The average Bonchev–Trinajstić information content (AvgIpc) is 3.05. The minimum absolute atomic E-state index is 0.0916. The molecule has 1 heterocycles. The fourth-order valence-electron chi connectivity index (χ4n) is 6.04. The molecule has 5 nitrogen and oxygen atoms in total. The molecule has 0 radical (unpaired) electrons. The topological polar surface area (TPSA) is 77.8 Å². The van der Waals surface area contributed by atoms with E-state index in [1.165, 1.54) is 49.1 Å². The zero-order valence-corrected chi connectivity index (χ0v) is 19.6. The molecule has 176 valence electrons. The van der Waals surface area contributed by atoms with Crippen molar-refractivity contribution in [1.29, 1.82) is 0 Å². The fraction of sp³-hybridized carbons (Fsp3) is 0.500. The molecule has 2 aliphatic rings. The van der Waals surface area contributed by atoms with Crippen molar-refractivity contribution in [3.8, 4) is 11.5 Å². The molecular weight excluding hydrogens is 414 g/mol. The van der Waals surface area contributed by atoms with Crippen LogP contribution in [0, 0.1) is 23.7 Å². The van der Waals surface area contributed by atoms with Gasteiger partial charge in [-0.05, 0) is 66.1 Å². The molecule has 4 rings (SSSR count). The molecule has 2 amide bonds. The van der Waals surface area contributed by atoms with E-state index in [1.54, 1.807) is 24.3 Å². The molecule has 0 bridgehead atoms. The monoisotopic (exact) mass is 449 g/mol. The molecule has 0 aromatic heterocycles. The molecule has 1 saturated carbocycles. The Morgan fingerprint density at radius 2 is 1.45 bits per heavy atom. The molecule has 1 aliphatic carbocycles. The Labute approximate surface area is 196 Å². The predicted molar refractivity (Wildman–Crippen MR) is 129 cm³/mol. The second kappa shape index (κ2) is 9.98. The van der Waals surface area contributed by atoms with Gasteiger partial charge in [0.1, 0.15) is 11.5 Å². The molecule has 4 atom stereocenters. The zero-order chi connectivity index (χ0) is 23.5. The van der Waals surface area contributed by atoms with Crippen LogP contribution >= 0.6 is 0 Å². The quantitative estimate of drug-likeness (QED) is 0.508. The smallest absolute Gasteiger partial charge is 0.238 e. The number of phenols is 2. The van der Waals surface area contributed by atoms with Crippen LogP contribution in [0.4, 0.5) is 5.69 Å². The van der Waals surface area contributed by atoms with E-state index in [-0.39, 0.29) is 29.2 Å². The summed E-state index contributed by atoms with van der Waals surface area (Å²) in [4.78, 5) is 28.3. The molecule has 4 unspecified atom stereocenters. The molecule has 1 aliphatic heterocycles. The van der Waals surface area contributed by atoms with Gasteiger partial charge in [-0.2, -0.15) is 0 Å². The molecular formula is C28H35NO4. The van der Waals surface area contributed by atoms with Gasteiger partial charge in [0.05, 0.1) is 11.6 Å². The molecule has 2 N–H and O–H groups in total. The van der Waals surface area contributed by atoms with Crippen LogP contribution in [0.5, 0.6) is 11.5 Å². The number of imide groups is 1. The lowest BCUT2D eigenvalue weighted by Gasteiger charge is -2.34. The Hall–Kier alpha value is -2.82. The highest BCUT2D eigenvalue weighted by atomic mass is 16.3. The van der Waals surface area contributed by atoms with Crippen LogP contribution in [0.3, 0.4) is 0 Å². The van der Waals surface area contributed by atoms with Crippen molar-refractivity contribution in [2.75, 3.05) is 4.90 Å². The number of amides is 2. The van der Waals surface area contributed by atoms with Gasteiger partial charge >= 0.3 is 0 Å². The van der Waals surface area contributed by atoms with E-state index in [4.69, 9.17) is 0 Å². The summed E-state index contributed by atoms with van der Waals surface area (Å²) in [6, 6.07) is 13.4. The highest BCUT2D eigenvalue weighted by Gasteiger charge is 2.50. The van der Waals surface area contributed by atoms with E-state index in [0.717, 1.165) is 18.4 Å². The third-order valence-corrected chi connectivity index (χ3v) is 7.91. The van der Waals surface area contributed by atoms with Crippen LogP contribution in [-0.4, -0.2) is 22.0 Å². The zero-order valence-electron chi connectivity index (χ0n) is 19.6. The highest BCUT2D eigenvalue weighted by molar-refractivity contribution is 6.22. The summed E-state index contributed by atoms with van der Waals surface area (Å²) in [5.41, 5.74) is 1.51. The number of phenolic OH excluding ortho intramolecular Hbond substituents is 2. The lowest BCUT2D eigenvalue weighted by molar-refractivity contribution is -0.122. The van der Waals surface area contributed by atoms with E-state index in [0.29, 0.717) is 17.5 Å². The maximum absolute atomic E-state index is 13.7. The lowest BCUT2D eigenvalue weighted by atomic mass is 9.69. The van der Waals surface area contributed by atoms with Gasteiger partial charge in [-0.15, -0.1) is 0 Å². The van der Waals surface area contributed by atoms with Gasteiger partial charge in [0.15, 0.2) is 0 Å².